The molecule has 0 saturated heterocycles. The predicted molar refractivity (Wildman–Crippen MR) is 64.4 cm³/mol. The van der Waals surface area contributed by atoms with Crippen LogP contribution in [0.2, 0.25) is 0 Å². The molecule has 0 fully saturated rings. The third-order valence-corrected chi connectivity index (χ3v) is 2.62. The molecule has 0 aliphatic heterocycles. The molecule has 0 heterocycles. The van der Waals surface area contributed by atoms with Crippen LogP contribution in [0.1, 0.15) is 37.8 Å². The lowest BCUT2D eigenvalue weighted by atomic mass is 10.0. The van der Waals surface area contributed by atoms with E-state index in [9.17, 15) is 13.2 Å². The maximum absolute atomic E-state index is 12.0. The van der Waals surface area contributed by atoms with Crippen LogP contribution in [0.25, 0.3) is 0 Å². The standard InChI is InChI=1S/C13H18F3NO/c1-2-11(17)10-6-3-4-7-12(10)18-9-5-8-13(14,15)16/h3-4,6-7,11H,2,5,8-9,17H2,1H3. The highest BCUT2D eigenvalue weighted by Crippen LogP contribution is 2.26. The molecule has 5 heteroatoms. The van der Waals surface area contributed by atoms with Gasteiger partial charge in [0.1, 0.15) is 5.75 Å². The van der Waals surface area contributed by atoms with E-state index in [2.05, 4.69) is 0 Å². The molecule has 0 spiro atoms. The molecule has 1 unspecified atom stereocenters. The zero-order valence-corrected chi connectivity index (χ0v) is 10.3. The highest BCUT2D eigenvalue weighted by Gasteiger charge is 2.26. The van der Waals surface area contributed by atoms with Crippen LogP contribution in [0.4, 0.5) is 13.2 Å². The second kappa shape index (κ2) is 6.64. The first-order valence-electron chi connectivity index (χ1n) is 5.98. The van der Waals surface area contributed by atoms with Crippen LogP contribution in [0.5, 0.6) is 5.75 Å². The maximum Gasteiger partial charge on any atom is 0.389 e. The molecule has 2 nitrogen and oxygen atoms in total. The SMILES string of the molecule is CCC(N)c1ccccc1OCCCC(F)(F)F. The number of hydrogen-bond acceptors (Lipinski definition) is 2. The van der Waals surface area contributed by atoms with Crippen molar-refractivity contribution in [2.24, 2.45) is 5.73 Å². The second-order valence-electron chi connectivity index (χ2n) is 4.12. The quantitative estimate of drug-likeness (QED) is 0.790. The molecule has 1 aromatic rings. The fourth-order valence-electron chi connectivity index (χ4n) is 1.59. The Morgan fingerprint density at radius 3 is 2.56 bits per heavy atom. The Hall–Kier alpha value is -1.23. The number of hydrogen-bond donors (Lipinski definition) is 1. The van der Waals surface area contributed by atoms with Crippen molar-refractivity contribution in [1.82, 2.24) is 0 Å². The van der Waals surface area contributed by atoms with Gasteiger partial charge in [-0.05, 0) is 18.9 Å². The van der Waals surface area contributed by atoms with Gasteiger partial charge < -0.3 is 10.5 Å². The Morgan fingerprint density at radius 2 is 1.94 bits per heavy atom. The number of nitrogens with two attached hydrogens (primary N) is 1. The molecule has 0 radical (unpaired) electrons. The minimum absolute atomic E-state index is 0.0425. The van der Waals surface area contributed by atoms with Crippen LogP contribution in [0.3, 0.4) is 0 Å². The summed E-state index contributed by atoms with van der Waals surface area (Å²) in [5.41, 5.74) is 6.75. The largest absolute Gasteiger partial charge is 0.493 e. The van der Waals surface area contributed by atoms with Gasteiger partial charge in [-0.15, -0.1) is 0 Å². The minimum atomic E-state index is -4.12. The van der Waals surface area contributed by atoms with Crippen LogP contribution in [0.15, 0.2) is 24.3 Å². The van der Waals surface area contributed by atoms with Crippen molar-refractivity contribution >= 4 is 0 Å². The highest BCUT2D eigenvalue weighted by molar-refractivity contribution is 5.35. The number of rotatable bonds is 6. The molecular weight excluding hydrogens is 243 g/mol. The molecule has 2 N–H and O–H groups in total. The van der Waals surface area contributed by atoms with E-state index in [4.69, 9.17) is 10.5 Å². The molecule has 1 aromatic carbocycles. The lowest BCUT2D eigenvalue weighted by Gasteiger charge is -2.15. The van der Waals surface area contributed by atoms with Crippen molar-refractivity contribution in [1.29, 1.82) is 0 Å². The smallest absolute Gasteiger partial charge is 0.389 e. The summed E-state index contributed by atoms with van der Waals surface area (Å²) in [5.74, 6) is 0.578. The van der Waals surface area contributed by atoms with Crippen molar-refractivity contribution in [3.8, 4) is 5.75 Å². The van der Waals surface area contributed by atoms with Gasteiger partial charge in [-0.2, -0.15) is 13.2 Å². The molecule has 102 valence electrons. The Kier molecular flexibility index (Phi) is 5.47. The van der Waals surface area contributed by atoms with Gasteiger partial charge in [0.15, 0.2) is 0 Å². The summed E-state index contributed by atoms with van der Waals surface area (Å²) in [7, 11) is 0. The summed E-state index contributed by atoms with van der Waals surface area (Å²) in [6, 6.07) is 7.05. The van der Waals surface area contributed by atoms with E-state index >= 15 is 0 Å². The van der Waals surface area contributed by atoms with E-state index in [1.165, 1.54) is 0 Å². The molecule has 1 rings (SSSR count). The number of alkyl halides is 3. The topological polar surface area (TPSA) is 35.2 Å². The Morgan fingerprint density at radius 1 is 1.28 bits per heavy atom. The molecule has 0 bridgehead atoms. The summed E-state index contributed by atoms with van der Waals surface area (Å²) >= 11 is 0. The minimum Gasteiger partial charge on any atom is -0.493 e. The first kappa shape index (κ1) is 14.8. The van der Waals surface area contributed by atoms with E-state index < -0.39 is 12.6 Å². The van der Waals surface area contributed by atoms with Crippen LogP contribution < -0.4 is 10.5 Å². The lowest BCUT2D eigenvalue weighted by Crippen LogP contribution is -2.13. The summed E-state index contributed by atoms with van der Waals surface area (Å²) in [4.78, 5) is 0. The third kappa shape index (κ3) is 4.96. The van der Waals surface area contributed by atoms with Gasteiger partial charge in [0.05, 0.1) is 6.61 Å². The number of halogens is 3. The number of ether oxygens (including phenoxy) is 1. The zero-order valence-electron chi connectivity index (χ0n) is 10.3. The highest BCUT2D eigenvalue weighted by atomic mass is 19.4. The van der Waals surface area contributed by atoms with Gasteiger partial charge >= 0.3 is 6.18 Å². The van der Waals surface area contributed by atoms with Gasteiger partial charge in [-0.25, -0.2) is 0 Å². The fraction of sp³-hybridized carbons (Fsp3) is 0.538. The van der Waals surface area contributed by atoms with Gasteiger partial charge in [-0.3, -0.25) is 0 Å². The van der Waals surface area contributed by atoms with Crippen molar-refractivity contribution < 1.29 is 17.9 Å². The summed E-state index contributed by atoms with van der Waals surface area (Å²) < 4.78 is 41.3. The first-order chi connectivity index (χ1) is 8.44. The van der Waals surface area contributed by atoms with Crippen LogP contribution in [-0.4, -0.2) is 12.8 Å². The van der Waals surface area contributed by atoms with Gasteiger partial charge in [0.2, 0.25) is 0 Å². The normalized spacial score (nSPS) is 13.4. The lowest BCUT2D eigenvalue weighted by molar-refractivity contribution is -0.136. The monoisotopic (exact) mass is 261 g/mol. The van der Waals surface area contributed by atoms with E-state index in [1.807, 2.05) is 19.1 Å². The van der Waals surface area contributed by atoms with Gasteiger partial charge in [-0.1, -0.05) is 25.1 Å². The molecule has 18 heavy (non-hydrogen) atoms. The first-order valence-corrected chi connectivity index (χ1v) is 5.98. The summed E-state index contributed by atoms with van der Waals surface area (Å²) in [5, 5.41) is 0. The summed E-state index contributed by atoms with van der Waals surface area (Å²) in [6.07, 6.45) is -4.24. The average Bonchev–Trinajstić information content (AvgIpc) is 2.33. The van der Waals surface area contributed by atoms with Gasteiger partial charge in [0, 0.05) is 18.0 Å². The zero-order chi connectivity index (χ0) is 13.6. The van der Waals surface area contributed by atoms with E-state index in [-0.39, 0.29) is 19.1 Å². The molecule has 0 aliphatic rings. The van der Waals surface area contributed by atoms with Gasteiger partial charge in [0.25, 0.3) is 0 Å². The Balaban J connectivity index is 2.52. The Labute approximate surface area is 105 Å². The fourth-order valence-corrected chi connectivity index (χ4v) is 1.59. The number of para-hydroxylation sites is 1. The molecule has 0 amide bonds. The molecule has 0 aromatic heterocycles. The average molecular weight is 261 g/mol. The Bertz CT molecular complexity index is 365. The summed E-state index contributed by atoms with van der Waals surface area (Å²) in [6.45, 7) is 2.00. The molecule has 0 aliphatic carbocycles. The van der Waals surface area contributed by atoms with Crippen molar-refractivity contribution in [2.75, 3.05) is 6.61 Å². The van der Waals surface area contributed by atoms with Crippen LogP contribution in [-0.2, 0) is 0 Å². The van der Waals surface area contributed by atoms with Crippen molar-refractivity contribution in [3.05, 3.63) is 29.8 Å². The van der Waals surface area contributed by atoms with Crippen LogP contribution in [0, 0.1) is 0 Å². The third-order valence-electron chi connectivity index (χ3n) is 2.62. The van der Waals surface area contributed by atoms with E-state index in [0.717, 1.165) is 12.0 Å². The molecule has 0 saturated carbocycles. The maximum atomic E-state index is 12.0. The van der Waals surface area contributed by atoms with Crippen LogP contribution >= 0.6 is 0 Å². The van der Waals surface area contributed by atoms with Crippen molar-refractivity contribution in [2.45, 2.75) is 38.4 Å². The molecule has 1 atom stereocenters. The predicted octanol–water partition coefficient (Wildman–Crippen LogP) is 3.82. The second-order valence-corrected chi connectivity index (χ2v) is 4.12. The number of benzene rings is 1. The van der Waals surface area contributed by atoms with Crippen molar-refractivity contribution in [3.63, 3.8) is 0 Å². The molecular formula is C13H18F3NO. The van der Waals surface area contributed by atoms with E-state index in [1.54, 1.807) is 12.1 Å². The van der Waals surface area contributed by atoms with E-state index in [0.29, 0.717) is 5.75 Å².